The third kappa shape index (κ3) is 3.96. The molecule has 9 heteroatoms. The summed E-state index contributed by atoms with van der Waals surface area (Å²) in [4.78, 5) is 20.5. The van der Waals surface area contributed by atoms with Gasteiger partial charge in [0.25, 0.3) is 5.56 Å². The van der Waals surface area contributed by atoms with Crippen molar-refractivity contribution in [2.75, 3.05) is 0 Å². The maximum atomic E-state index is 13.3. The van der Waals surface area contributed by atoms with Crippen LogP contribution in [0.25, 0.3) is 16.8 Å². The fourth-order valence-electron chi connectivity index (χ4n) is 3.30. The van der Waals surface area contributed by atoms with Gasteiger partial charge < -0.3 is 4.57 Å². The van der Waals surface area contributed by atoms with Crippen molar-refractivity contribution in [1.29, 1.82) is 0 Å². The standard InChI is InChI=1S/C21H16F4N4O/c1-28-9-10-29-18(12-21(23,24)25)27-16(19(29)20(28)30)11-13-5-7-14(8-6-13)15-3-2-4-17(22)26-15/h2-10H,11-12H2,1H3. The van der Waals surface area contributed by atoms with E-state index in [2.05, 4.69) is 9.97 Å². The van der Waals surface area contributed by atoms with Crippen LogP contribution in [0.1, 0.15) is 17.1 Å². The molecule has 0 unspecified atom stereocenters. The third-order valence-corrected chi connectivity index (χ3v) is 4.71. The first kappa shape index (κ1) is 19.8. The first-order valence-corrected chi connectivity index (χ1v) is 9.05. The van der Waals surface area contributed by atoms with Gasteiger partial charge in [-0.15, -0.1) is 0 Å². The molecule has 0 aliphatic carbocycles. The predicted octanol–water partition coefficient (Wildman–Crippen LogP) is 3.93. The van der Waals surface area contributed by atoms with E-state index in [1.165, 1.54) is 34.5 Å². The van der Waals surface area contributed by atoms with E-state index in [0.717, 1.165) is 5.56 Å². The molecule has 4 rings (SSSR count). The summed E-state index contributed by atoms with van der Waals surface area (Å²) in [5.41, 5.74) is 1.88. The van der Waals surface area contributed by atoms with Crippen LogP contribution in [0.4, 0.5) is 17.6 Å². The van der Waals surface area contributed by atoms with Gasteiger partial charge >= 0.3 is 6.18 Å². The van der Waals surface area contributed by atoms with Crippen LogP contribution in [0, 0.1) is 5.95 Å². The molecule has 30 heavy (non-hydrogen) atoms. The molecule has 0 atom stereocenters. The molecule has 154 valence electrons. The molecule has 0 saturated heterocycles. The maximum absolute atomic E-state index is 13.3. The number of alkyl halides is 3. The lowest BCUT2D eigenvalue weighted by atomic mass is 10.0. The molecule has 3 heterocycles. The Balaban J connectivity index is 1.71. The number of pyridine rings is 1. The van der Waals surface area contributed by atoms with Crippen molar-refractivity contribution in [3.63, 3.8) is 0 Å². The van der Waals surface area contributed by atoms with E-state index < -0.39 is 24.1 Å². The van der Waals surface area contributed by atoms with Gasteiger partial charge in [-0.2, -0.15) is 17.6 Å². The Bertz CT molecular complexity index is 1270. The Morgan fingerprint density at radius 2 is 1.73 bits per heavy atom. The molecule has 0 spiro atoms. The predicted molar refractivity (Wildman–Crippen MR) is 103 cm³/mol. The summed E-state index contributed by atoms with van der Waals surface area (Å²) < 4.78 is 54.7. The van der Waals surface area contributed by atoms with Gasteiger partial charge in [-0.3, -0.25) is 9.20 Å². The summed E-state index contributed by atoms with van der Waals surface area (Å²) in [5, 5.41) is 0. The number of aromatic nitrogens is 4. The Kier molecular flexibility index (Phi) is 4.89. The van der Waals surface area contributed by atoms with Gasteiger partial charge in [-0.25, -0.2) is 9.97 Å². The lowest BCUT2D eigenvalue weighted by Crippen LogP contribution is -2.20. The summed E-state index contributed by atoms with van der Waals surface area (Å²) in [5.74, 6) is -0.820. The molecule has 0 aliphatic rings. The number of hydrogen-bond donors (Lipinski definition) is 0. The summed E-state index contributed by atoms with van der Waals surface area (Å²) in [6, 6.07) is 11.5. The summed E-state index contributed by atoms with van der Waals surface area (Å²) in [7, 11) is 1.53. The fraction of sp³-hybridized carbons (Fsp3) is 0.190. The molecular weight excluding hydrogens is 400 g/mol. The van der Waals surface area contributed by atoms with Crippen LogP contribution < -0.4 is 5.56 Å². The second-order valence-corrected chi connectivity index (χ2v) is 6.92. The van der Waals surface area contributed by atoms with Gasteiger partial charge in [0.05, 0.1) is 11.4 Å². The quantitative estimate of drug-likeness (QED) is 0.374. The highest BCUT2D eigenvalue weighted by Gasteiger charge is 2.31. The highest BCUT2D eigenvalue weighted by Crippen LogP contribution is 2.24. The van der Waals surface area contributed by atoms with Gasteiger partial charge in [0.15, 0.2) is 0 Å². The number of fused-ring (bicyclic) bond motifs is 1. The molecule has 0 bridgehead atoms. The minimum atomic E-state index is -4.45. The maximum Gasteiger partial charge on any atom is 0.396 e. The van der Waals surface area contributed by atoms with Crippen molar-refractivity contribution in [1.82, 2.24) is 18.9 Å². The summed E-state index contributed by atoms with van der Waals surface area (Å²) in [6.07, 6.45) is -2.68. The molecule has 3 aromatic heterocycles. The zero-order valence-corrected chi connectivity index (χ0v) is 15.8. The van der Waals surface area contributed by atoms with Gasteiger partial charge in [0.1, 0.15) is 17.8 Å². The van der Waals surface area contributed by atoms with E-state index in [1.54, 1.807) is 36.4 Å². The van der Waals surface area contributed by atoms with E-state index in [9.17, 15) is 22.4 Å². The average Bonchev–Trinajstić information content (AvgIpc) is 3.01. The lowest BCUT2D eigenvalue weighted by molar-refractivity contribution is -0.128. The van der Waals surface area contributed by atoms with Crippen molar-refractivity contribution in [2.24, 2.45) is 7.05 Å². The highest BCUT2D eigenvalue weighted by molar-refractivity contribution is 5.60. The molecule has 0 N–H and O–H groups in total. The second kappa shape index (κ2) is 7.40. The zero-order chi connectivity index (χ0) is 21.5. The van der Waals surface area contributed by atoms with Gasteiger partial charge in [-0.05, 0) is 17.7 Å². The molecule has 0 aliphatic heterocycles. The van der Waals surface area contributed by atoms with Crippen LogP contribution in [-0.4, -0.2) is 25.1 Å². The SMILES string of the molecule is Cn1ccn2c(CC(F)(F)F)nc(Cc3ccc(-c4cccc(F)n4)cc3)c2c1=O. The van der Waals surface area contributed by atoms with Crippen LogP contribution in [0.3, 0.4) is 0 Å². The van der Waals surface area contributed by atoms with E-state index in [0.29, 0.717) is 11.3 Å². The third-order valence-electron chi connectivity index (χ3n) is 4.71. The van der Waals surface area contributed by atoms with Crippen LogP contribution in [0.15, 0.2) is 59.7 Å². The van der Waals surface area contributed by atoms with Crippen LogP contribution in [-0.2, 0) is 19.9 Å². The Morgan fingerprint density at radius 3 is 2.40 bits per heavy atom. The summed E-state index contributed by atoms with van der Waals surface area (Å²) in [6.45, 7) is 0. The minimum Gasteiger partial charge on any atom is -0.315 e. The van der Waals surface area contributed by atoms with Crippen LogP contribution in [0.2, 0.25) is 0 Å². The first-order chi connectivity index (χ1) is 14.2. The smallest absolute Gasteiger partial charge is 0.315 e. The van der Waals surface area contributed by atoms with E-state index in [-0.39, 0.29) is 23.5 Å². The number of benzene rings is 1. The summed E-state index contributed by atoms with van der Waals surface area (Å²) >= 11 is 0. The van der Waals surface area contributed by atoms with E-state index in [1.807, 2.05) is 0 Å². The monoisotopic (exact) mass is 416 g/mol. The Morgan fingerprint density at radius 1 is 1.00 bits per heavy atom. The lowest BCUT2D eigenvalue weighted by Gasteiger charge is -2.05. The van der Waals surface area contributed by atoms with Crippen molar-refractivity contribution >= 4 is 5.52 Å². The molecule has 4 aromatic rings. The van der Waals surface area contributed by atoms with Gasteiger partial charge in [0.2, 0.25) is 5.95 Å². The topological polar surface area (TPSA) is 52.2 Å². The van der Waals surface area contributed by atoms with E-state index >= 15 is 0 Å². The number of halogens is 4. The number of imidazole rings is 1. The Labute approximate surface area is 168 Å². The first-order valence-electron chi connectivity index (χ1n) is 9.05. The molecule has 0 amide bonds. The molecular formula is C21H16F4N4O. The van der Waals surface area contributed by atoms with E-state index in [4.69, 9.17) is 0 Å². The average molecular weight is 416 g/mol. The van der Waals surface area contributed by atoms with Gasteiger partial charge in [-0.1, -0.05) is 30.3 Å². The zero-order valence-electron chi connectivity index (χ0n) is 15.8. The largest absolute Gasteiger partial charge is 0.396 e. The van der Waals surface area contributed by atoms with Crippen molar-refractivity contribution in [3.8, 4) is 11.3 Å². The van der Waals surface area contributed by atoms with Crippen LogP contribution in [0.5, 0.6) is 0 Å². The number of rotatable bonds is 4. The second-order valence-electron chi connectivity index (χ2n) is 6.92. The number of nitrogens with zero attached hydrogens (tertiary/aromatic N) is 4. The molecule has 5 nitrogen and oxygen atoms in total. The Hall–Kier alpha value is -3.49. The highest BCUT2D eigenvalue weighted by atomic mass is 19.4. The molecule has 0 fully saturated rings. The minimum absolute atomic E-state index is 0.120. The van der Waals surface area contributed by atoms with Crippen LogP contribution >= 0.6 is 0 Å². The number of hydrogen-bond acceptors (Lipinski definition) is 3. The molecule has 1 aromatic carbocycles. The van der Waals surface area contributed by atoms with Gasteiger partial charge in [0, 0.05) is 31.4 Å². The van der Waals surface area contributed by atoms with Crippen molar-refractivity contribution < 1.29 is 17.6 Å². The molecule has 0 radical (unpaired) electrons. The molecule has 0 saturated carbocycles. The fourth-order valence-corrected chi connectivity index (χ4v) is 3.30. The number of aryl methyl sites for hydroxylation is 1. The van der Waals surface area contributed by atoms with Crippen molar-refractivity contribution in [2.45, 2.75) is 19.0 Å². The van der Waals surface area contributed by atoms with Crippen molar-refractivity contribution in [3.05, 3.63) is 88.2 Å². The normalized spacial score (nSPS) is 11.9.